The molecule has 0 saturated carbocycles. The van der Waals surface area contributed by atoms with Gasteiger partial charge >= 0.3 is 5.97 Å². The van der Waals surface area contributed by atoms with Gasteiger partial charge in [0.15, 0.2) is 6.61 Å². The van der Waals surface area contributed by atoms with Crippen molar-refractivity contribution in [1.29, 1.82) is 0 Å². The molecule has 1 aliphatic rings. The second kappa shape index (κ2) is 7.64. The van der Waals surface area contributed by atoms with Gasteiger partial charge in [-0.2, -0.15) is 0 Å². The van der Waals surface area contributed by atoms with Gasteiger partial charge in [0.2, 0.25) is 5.91 Å². The molecule has 0 aromatic heterocycles. The predicted molar refractivity (Wildman–Crippen MR) is 84.2 cm³/mol. The number of carboxylic acids is 1. The van der Waals surface area contributed by atoms with Crippen LogP contribution in [0.2, 0.25) is 0 Å². The van der Waals surface area contributed by atoms with Crippen LogP contribution in [0.4, 0.5) is 5.69 Å². The van der Waals surface area contributed by atoms with Gasteiger partial charge < -0.3 is 14.7 Å². The first-order chi connectivity index (χ1) is 10.6. The molecule has 2 rings (SSSR count). The molecule has 118 valence electrons. The third-order valence-electron chi connectivity index (χ3n) is 3.72. The Morgan fingerprint density at radius 1 is 1.23 bits per heavy atom. The van der Waals surface area contributed by atoms with Crippen molar-refractivity contribution in [3.8, 4) is 5.75 Å². The summed E-state index contributed by atoms with van der Waals surface area (Å²) in [7, 11) is 1.75. The molecule has 1 N–H and O–H groups in total. The van der Waals surface area contributed by atoms with Crippen molar-refractivity contribution >= 4 is 17.6 Å². The highest BCUT2D eigenvalue weighted by Crippen LogP contribution is 2.23. The topological polar surface area (TPSA) is 66.8 Å². The Labute approximate surface area is 130 Å². The van der Waals surface area contributed by atoms with Crippen molar-refractivity contribution in [2.75, 3.05) is 18.6 Å². The lowest BCUT2D eigenvalue weighted by Gasteiger charge is -2.20. The molecule has 1 amide bonds. The van der Waals surface area contributed by atoms with Crippen LogP contribution in [0.3, 0.4) is 0 Å². The fraction of sp³-hybridized carbons (Fsp3) is 0.412. The molecule has 0 saturated heterocycles. The number of hydrogen-bond donors (Lipinski definition) is 1. The molecule has 0 heterocycles. The predicted octanol–water partition coefficient (Wildman–Crippen LogP) is 3.00. The van der Waals surface area contributed by atoms with E-state index in [-0.39, 0.29) is 12.5 Å². The van der Waals surface area contributed by atoms with Crippen molar-refractivity contribution < 1.29 is 19.4 Å². The van der Waals surface area contributed by atoms with Crippen molar-refractivity contribution in [3.63, 3.8) is 0 Å². The Morgan fingerprint density at radius 3 is 2.55 bits per heavy atom. The van der Waals surface area contributed by atoms with Crippen LogP contribution in [0.15, 0.2) is 35.9 Å². The summed E-state index contributed by atoms with van der Waals surface area (Å²) >= 11 is 0. The Hall–Kier alpha value is -2.30. The molecule has 0 unspecified atom stereocenters. The van der Waals surface area contributed by atoms with E-state index in [4.69, 9.17) is 9.84 Å². The summed E-state index contributed by atoms with van der Waals surface area (Å²) in [6.07, 6.45) is 7.11. The van der Waals surface area contributed by atoms with Crippen molar-refractivity contribution in [1.82, 2.24) is 0 Å². The highest BCUT2D eigenvalue weighted by Gasteiger charge is 2.14. The summed E-state index contributed by atoms with van der Waals surface area (Å²) in [6, 6.07) is 6.85. The second-order valence-electron chi connectivity index (χ2n) is 5.41. The third kappa shape index (κ3) is 4.62. The molecule has 0 atom stereocenters. The number of carboxylic acid groups (broad SMARTS) is 1. The van der Waals surface area contributed by atoms with E-state index < -0.39 is 5.97 Å². The maximum absolute atomic E-state index is 12.3. The number of nitrogens with zero attached hydrogens (tertiary/aromatic N) is 1. The average Bonchev–Trinajstić information content (AvgIpc) is 2.53. The fourth-order valence-electron chi connectivity index (χ4n) is 2.43. The second-order valence-corrected chi connectivity index (χ2v) is 5.41. The minimum absolute atomic E-state index is 0.0624. The molecule has 22 heavy (non-hydrogen) atoms. The third-order valence-corrected chi connectivity index (χ3v) is 3.72. The van der Waals surface area contributed by atoms with Crippen LogP contribution in [0.1, 0.15) is 32.1 Å². The minimum Gasteiger partial charge on any atom is -0.482 e. The molecular formula is C17H21NO4. The van der Waals surface area contributed by atoms with Gasteiger partial charge in [-0.15, -0.1) is 0 Å². The van der Waals surface area contributed by atoms with Gasteiger partial charge in [-0.05, 0) is 49.9 Å². The molecule has 0 radical (unpaired) electrons. The number of carbonyl (C=O) groups is 2. The van der Waals surface area contributed by atoms with Crippen LogP contribution in [0, 0.1) is 0 Å². The van der Waals surface area contributed by atoms with E-state index in [0.717, 1.165) is 18.5 Å². The van der Waals surface area contributed by atoms with Gasteiger partial charge in [0.1, 0.15) is 5.75 Å². The van der Waals surface area contributed by atoms with Crippen LogP contribution in [-0.2, 0) is 9.59 Å². The normalized spacial score (nSPS) is 14.1. The molecule has 1 aromatic rings. The zero-order chi connectivity index (χ0) is 15.9. The standard InChI is InChI=1S/C17H21NO4/c1-18(16(19)11-13-5-3-2-4-6-13)14-7-9-15(10-8-14)22-12-17(20)21/h5,7-10H,2-4,6,11-12H2,1H3,(H,20,21). The van der Waals surface area contributed by atoms with Crippen molar-refractivity contribution in [2.45, 2.75) is 32.1 Å². The number of benzene rings is 1. The van der Waals surface area contributed by atoms with Gasteiger partial charge in [-0.25, -0.2) is 4.79 Å². The van der Waals surface area contributed by atoms with Crippen LogP contribution in [0.5, 0.6) is 5.75 Å². The molecule has 1 aliphatic carbocycles. The summed E-state index contributed by atoms with van der Waals surface area (Å²) in [4.78, 5) is 24.4. The monoisotopic (exact) mass is 303 g/mol. The summed E-state index contributed by atoms with van der Waals surface area (Å²) in [6.45, 7) is -0.373. The lowest BCUT2D eigenvalue weighted by molar-refractivity contribution is -0.139. The number of aliphatic carboxylic acids is 1. The molecule has 0 aliphatic heterocycles. The molecule has 0 spiro atoms. The number of allylic oxidation sites excluding steroid dienone is 1. The largest absolute Gasteiger partial charge is 0.482 e. The smallest absolute Gasteiger partial charge is 0.341 e. The number of ether oxygens (including phenoxy) is 1. The molecule has 1 aromatic carbocycles. The van der Waals surface area contributed by atoms with E-state index in [2.05, 4.69) is 6.08 Å². The lowest BCUT2D eigenvalue weighted by Crippen LogP contribution is -2.26. The molecule has 0 fully saturated rings. The van der Waals surface area contributed by atoms with E-state index in [9.17, 15) is 9.59 Å². The zero-order valence-electron chi connectivity index (χ0n) is 12.7. The number of rotatable bonds is 6. The number of carbonyl (C=O) groups excluding carboxylic acids is 1. The molecule has 5 nitrogen and oxygen atoms in total. The zero-order valence-corrected chi connectivity index (χ0v) is 12.7. The Balaban J connectivity index is 1.93. The minimum atomic E-state index is -1.02. The first-order valence-electron chi connectivity index (χ1n) is 7.45. The maximum Gasteiger partial charge on any atom is 0.341 e. The van der Waals surface area contributed by atoms with Gasteiger partial charge in [0.05, 0.1) is 0 Å². The van der Waals surface area contributed by atoms with Gasteiger partial charge in [0.25, 0.3) is 0 Å². The van der Waals surface area contributed by atoms with Crippen LogP contribution < -0.4 is 9.64 Å². The van der Waals surface area contributed by atoms with Crippen LogP contribution in [-0.4, -0.2) is 30.6 Å². The number of anilines is 1. The van der Waals surface area contributed by atoms with E-state index >= 15 is 0 Å². The Kier molecular flexibility index (Phi) is 5.58. The van der Waals surface area contributed by atoms with Gasteiger partial charge in [0, 0.05) is 19.2 Å². The maximum atomic E-state index is 12.3. The summed E-state index contributed by atoms with van der Waals surface area (Å²) in [5.41, 5.74) is 1.99. The molecule has 5 heteroatoms. The van der Waals surface area contributed by atoms with E-state index in [0.29, 0.717) is 12.2 Å². The van der Waals surface area contributed by atoms with Crippen LogP contribution >= 0.6 is 0 Å². The SMILES string of the molecule is CN(C(=O)CC1=CCCCC1)c1ccc(OCC(=O)O)cc1. The Bertz CT molecular complexity index is 563. The summed E-state index contributed by atoms with van der Waals surface area (Å²) in [5, 5.41) is 8.56. The number of amides is 1. The quantitative estimate of drug-likeness (QED) is 0.820. The average molecular weight is 303 g/mol. The van der Waals surface area contributed by atoms with Crippen LogP contribution in [0.25, 0.3) is 0 Å². The lowest BCUT2D eigenvalue weighted by atomic mass is 9.97. The van der Waals surface area contributed by atoms with Gasteiger partial charge in [-0.1, -0.05) is 11.6 Å². The fourth-order valence-corrected chi connectivity index (χ4v) is 2.43. The number of hydrogen-bond acceptors (Lipinski definition) is 3. The van der Waals surface area contributed by atoms with Crippen molar-refractivity contribution in [2.24, 2.45) is 0 Å². The molecular weight excluding hydrogens is 282 g/mol. The van der Waals surface area contributed by atoms with Crippen molar-refractivity contribution in [3.05, 3.63) is 35.9 Å². The first kappa shape index (κ1) is 16.1. The van der Waals surface area contributed by atoms with E-state index in [1.165, 1.54) is 18.4 Å². The summed E-state index contributed by atoms with van der Waals surface area (Å²) in [5.74, 6) is -0.480. The summed E-state index contributed by atoms with van der Waals surface area (Å²) < 4.78 is 5.07. The highest BCUT2D eigenvalue weighted by atomic mass is 16.5. The van der Waals surface area contributed by atoms with E-state index in [1.807, 2.05) is 0 Å². The Morgan fingerprint density at radius 2 is 1.95 bits per heavy atom. The highest BCUT2D eigenvalue weighted by molar-refractivity contribution is 5.94. The molecule has 0 bridgehead atoms. The van der Waals surface area contributed by atoms with E-state index in [1.54, 1.807) is 36.2 Å². The van der Waals surface area contributed by atoms with Gasteiger partial charge in [-0.3, -0.25) is 4.79 Å². The first-order valence-corrected chi connectivity index (χ1v) is 7.45.